The van der Waals surface area contributed by atoms with Crippen LogP contribution in [0.15, 0.2) is 42.5 Å². The molecule has 0 radical (unpaired) electrons. The minimum Gasteiger partial charge on any atom is -0.496 e. The maximum atomic E-state index is 6.10. The molecule has 3 nitrogen and oxygen atoms in total. The highest BCUT2D eigenvalue weighted by Crippen LogP contribution is 2.36. The molecule has 0 fully saturated rings. The van der Waals surface area contributed by atoms with Crippen molar-refractivity contribution in [3.05, 3.63) is 53.6 Å². The van der Waals surface area contributed by atoms with Crippen molar-refractivity contribution in [2.45, 2.75) is 26.3 Å². The van der Waals surface area contributed by atoms with E-state index >= 15 is 0 Å². The van der Waals surface area contributed by atoms with Gasteiger partial charge in [0.1, 0.15) is 17.2 Å². The number of rotatable bonds is 6. The Morgan fingerprint density at radius 3 is 2.48 bits per heavy atom. The zero-order valence-corrected chi connectivity index (χ0v) is 13.1. The molecule has 0 aliphatic heterocycles. The Bertz CT molecular complexity index is 596. The van der Waals surface area contributed by atoms with Gasteiger partial charge in [-0.05, 0) is 50.2 Å². The van der Waals surface area contributed by atoms with Gasteiger partial charge in [-0.15, -0.1) is 0 Å². The molecule has 3 heteroatoms. The third kappa shape index (κ3) is 3.56. The molecule has 0 bridgehead atoms. The van der Waals surface area contributed by atoms with E-state index in [1.165, 1.54) is 5.56 Å². The normalized spacial score (nSPS) is 12.0. The van der Waals surface area contributed by atoms with E-state index in [1.54, 1.807) is 7.11 Å². The van der Waals surface area contributed by atoms with Crippen LogP contribution in [0.4, 0.5) is 0 Å². The Balaban J connectivity index is 2.38. The maximum Gasteiger partial charge on any atom is 0.135 e. The smallest absolute Gasteiger partial charge is 0.135 e. The van der Waals surface area contributed by atoms with Crippen LogP contribution in [0, 0.1) is 0 Å². The minimum absolute atomic E-state index is 0.144. The van der Waals surface area contributed by atoms with Gasteiger partial charge in [0, 0.05) is 6.04 Å². The molecule has 0 heterocycles. The molecular weight excluding hydrogens is 262 g/mol. The Morgan fingerprint density at radius 2 is 1.81 bits per heavy atom. The molecule has 21 heavy (non-hydrogen) atoms. The van der Waals surface area contributed by atoms with E-state index in [1.807, 2.05) is 37.4 Å². The first-order valence-electron chi connectivity index (χ1n) is 7.30. The van der Waals surface area contributed by atoms with Crippen LogP contribution in [0.1, 0.15) is 31.0 Å². The van der Waals surface area contributed by atoms with Gasteiger partial charge in [0.05, 0.1) is 12.7 Å². The first-order chi connectivity index (χ1) is 10.2. The summed E-state index contributed by atoms with van der Waals surface area (Å²) in [5, 5.41) is 3.24. The fourth-order valence-corrected chi connectivity index (χ4v) is 2.32. The number of nitrogens with one attached hydrogen (secondary N) is 1. The van der Waals surface area contributed by atoms with Gasteiger partial charge >= 0.3 is 0 Å². The van der Waals surface area contributed by atoms with Gasteiger partial charge < -0.3 is 14.8 Å². The van der Waals surface area contributed by atoms with E-state index in [2.05, 4.69) is 31.3 Å². The highest BCUT2D eigenvalue weighted by atomic mass is 16.5. The third-order valence-corrected chi connectivity index (χ3v) is 3.65. The second-order valence-electron chi connectivity index (χ2n) is 4.99. The van der Waals surface area contributed by atoms with Crippen molar-refractivity contribution >= 4 is 0 Å². The summed E-state index contributed by atoms with van der Waals surface area (Å²) in [5.74, 6) is 2.51. The summed E-state index contributed by atoms with van der Waals surface area (Å²) in [7, 11) is 3.61. The van der Waals surface area contributed by atoms with Crippen LogP contribution in [0.25, 0.3) is 0 Å². The summed E-state index contributed by atoms with van der Waals surface area (Å²) in [6, 6.07) is 14.2. The average molecular weight is 285 g/mol. The first-order valence-corrected chi connectivity index (χ1v) is 7.30. The molecule has 0 saturated carbocycles. The molecule has 2 rings (SSSR count). The Labute approximate surface area is 126 Å². The monoisotopic (exact) mass is 285 g/mol. The van der Waals surface area contributed by atoms with Crippen LogP contribution < -0.4 is 14.8 Å². The minimum atomic E-state index is 0.144. The summed E-state index contributed by atoms with van der Waals surface area (Å²) in [5.41, 5.74) is 2.29. The highest BCUT2D eigenvalue weighted by Gasteiger charge is 2.16. The third-order valence-electron chi connectivity index (χ3n) is 3.65. The summed E-state index contributed by atoms with van der Waals surface area (Å²) in [6.45, 7) is 4.23. The Morgan fingerprint density at radius 1 is 1.10 bits per heavy atom. The van der Waals surface area contributed by atoms with Crippen molar-refractivity contribution < 1.29 is 9.47 Å². The van der Waals surface area contributed by atoms with Crippen molar-refractivity contribution in [2.24, 2.45) is 0 Å². The van der Waals surface area contributed by atoms with E-state index in [0.717, 1.165) is 29.2 Å². The van der Waals surface area contributed by atoms with Gasteiger partial charge in [-0.3, -0.25) is 0 Å². The lowest BCUT2D eigenvalue weighted by Gasteiger charge is -2.19. The number of ether oxygens (including phenoxy) is 2. The van der Waals surface area contributed by atoms with Crippen LogP contribution >= 0.6 is 0 Å². The SMILES string of the molecule is CCc1cccc(Oc2cccc(OC)c2C(C)NC)c1. The first kappa shape index (κ1) is 15.4. The Kier molecular flexibility index (Phi) is 5.23. The standard InChI is InChI=1S/C18H23NO2/c1-5-14-8-6-9-15(12-14)21-17-11-7-10-16(20-4)18(17)13(2)19-3/h6-13,19H,5H2,1-4H3. The number of benzene rings is 2. The van der Waals surface area contributed by atoms with Crippen molar-refractivity contribution in [1.29, 1.82) is 0 Å². The quantitative estimate of drug-likeness (QED) is 0.857. The Hall–Kier alpha value is -2.00. The van der Waals surface area contributed by atoms with E-state index in [0.29, 0.717) is 0 Å². The zero-order chi connectivity index (χ0) is 15.2. The van der Waals surface area contributed by atoms with Crippen molar-refractivity contribution in [3.8, 4) is 17.2 Å². The molecular formula is C18H23NO2. The lowest BCUT2D eigenvalue weighted by atomic mass is 10.1. The number of hydrogen-bond acceptors (Lipinski definition) is 3. The average Bonchev–Trinajstić information content (AvgIpc) is 2.54. The van der Waals surface area contributed by atoms with Crippen LogP contribution in [-0.4, -0.2) is 14.2 Å². The highest BCUT2D eigenvalue weighted by molar-refractivity contribution is 5.48. The molecule has 1 unspecified atom stereocenters. The van der Waals surface area contributed by atoms with Gasteiger partial charge in [-0.2, -0.15) is 0 Å². The molecule has 0 amide bonds. The fourth-order valence-electron chi connectivity index (χ4n) is 2.32. The largest absolute Gasteiger partial charge is 0.496 e. The number of aryl methyl sites for hydroxylation is 1. The van der Waals surface area contributed by atoms with Crippen molar-refractivity contribution in [3.63, 3.8) is 0 Å². The second-order valence-corrected chi connectivity index (χ2v) is 4.99. The molecule has 112 valence electrons. The van der Waals surface area contributed by atoms with Gasteiger partial charge in [0.15, 0.2) is 0 Å². The van der Waals surface area contributed by atoms with Gasteiger partial charge in [0.25, 0.3) is 0 Å². The molecule has 1 N–H and O–H groups in total. The molecule has 0 saturated heterocycles. The van der Waals surface area contributed by atoms with Gasteiger partial charge in [-0.25, -0.2) is 0 Å². The van der Waals surface area contributed by atoms with Crippen LogP contribution in [0.3, 0.4) is 0 Å². The summed E-state index contributed by atoms with van der Waals surface area (Å²) in [4.78, 5) is 0. The van der Waals surface area contributed by atoms with Crippen molar-refractivity contribution in [2.75, 3.05) is 14.2 Å². The van der Waals surface area contributed by atoms with Crippen LogP contribution in [-0.2, 0) is 6.42 Å². The van der Waals surface area contributed by atoms with Crippen LogP contribution in [0.2, 0.25) is 0 Å². The molecule has 0 spiro atoms. The topological polar surface area (TPSA) is 30.5 Å². The lowest BCUT2D eigenvalue weighted by molar-refractivity contribution is 0.393. The van der Waals surface area contributed by atoms with E-state index in [9.17, 15) is 0 Å². The summed E-state index contributed by atoms with van der Waals surface area (Å²) < 4.78 is 11.6. The summed E-state index contributed by atoms with van der Waals surface area (Å²) in [6.07, 6.45) is 0.995. The predicted octanol–water partition coefficient (Wildman–Crippen LogP) is 4.33. The lowest BCUT2D eigenvalue weighted by Crippen LogP contribution is -2.14. The fraction of sp³-hybridized carbons (Fsp3) is 0.333. The zero-order valence-electron chi connectivity index (χ0n) is 13.1. The number of methoxy groups -OCH3 is 1. The van der Waals surface area contributed by atoms with Gasteiger partial charge in [-0.1, -0.05) is 25.1 Å². The van der Waals surface area contributed by atoms with Crippen molar-refractivity contribution in [1.82, 2.24) is 5.32 Å². The number of hydrogen-bond donors (Lipinski definition) is 1. The molecule has 0 aliphatic carbocycles. The van der Waals surface area contributed by atoms with E-state index in [-0.39, 0.29) is 6.04 Å². The van der Waals surface area contributed by atoms with Gasteiger partial charge in [0.2, 0.25) is 0 Å². The maximum absolute atomic E-state index is 6.10. The van der Waals surface area contributed by atoms with E-state index < -0.39 is 0 Å². The molecule has 1 atom stereocenters. The molecule has 0 aromatic heterocycles. The predicted molar refractivity (Wildman–Crippen MR) is 86.4 cm³/mol. The molecule has 2 aromatic rings. The van der Waals surface area contributed by atoms with Crippen LogP contribution in [0.5, 0.6) is 17.2 Å². The van der Waals surface area contributed by atoms with E-state index in [4.69, 9.17) is 9.47 Å². The summed E-state index contributed by atoms with van der Waals surface area (Å²) >= 11 is 0. The molecule has 0 aliphatic rings. The molecule has 2 aromatic carbocycles. The second kappa shape index (κ2) is 7.14.